The Hall–Kier alpha value is -3.04. The van der Waals surface area contributed by atoms with Crippen LogP contribution >= 0.6 is 15.9 Å². The van der Waals surface area contributed by atoms with Crippen molar-refractivity contribution < 1.29 is 9.47 Å². The topological polar surface area (TPSA) is 81.2 Å². The second-order valence-corrected chi connectivity index (χ2v) is 6.64. The molecule has 0 amide bonds. The average Bonchev–Trinajstić information content (AvgIpc) is 2.69. The van der Waals surface area contributed by atoms with Crippen molar-refractivity contribution in [1.82, 2.24) is 4.98 Å². The Morgan fingerprint density at radius 2 is 1.85 bits per heavy atom. The van der Waals surface area contributed by atoms with Crippen LogP contribution in [-0.4, -0.2) is 18.7 Å². The predicted molar refractivity (Wildman–Crippen MR) is 110 cm³/mol. The van der Waals surface area contributed by atoms with Gasteiger partial charge < -0.3 is 15.2 Å². The van der Waals surface area contributed by atoms with Crippen LogP contribution in [0, 0.1) is 11.3 Å². The van der Waals surface area contributed by atoms with Crippen molar-refractivity contribution in [2.75, 3.05) is 19.5 Å². The van der Waals surface area contributed by atoms with Crippen LogP contribution in [0.25, 0.3) is 22.4 Å². The zero-order valence-corrected chi connectivity index (χ0v) is 16.6. The molecule has 1 aromatic heterocycles. The summed E-state index contributed by atoms with van der Waals surface area (Å²) < 4.78 is 11.8. The summed E-state index contributed by atoms with van der Waals surface area (Å²) in [5.74, 6) is 1.62. The first-order valence-electron chi connectivity index (χ1n) is 8.35. The summed E-state index contributed by atoms with van der Waals surface area (Å²) in [6.07, 6.45) is 0. The number of pyridine rings is 1. The average molecular weight is 424 g/mol. The van der Waals surface area contributed by atoms with E-state index in [9.17, 15) is 5.26 Å². The largest absolute Gasteiger partial charge is 0.497 e. The van der Waals surface area contributed by atoms with Gasteiger partial charge >= 0.3 is 0 Å². The number of rotatable bonds is 5. The highest BCUT2D eigenvalue weighted by Crippen LogP contribution is 2.38. The van der Waals surface area contributed by atoms with Crippen molar-refractivity contribution in [1.29, 1.82) is 5.26 Å². The normalized spacial score (nSPS) is 10.3. The molecule has 3 aromatic rings. The molecule has 1 heterocycles. The van der Waals surface area contributed by atoms with E-state index in [1.54, 1.807) is 7.11 Å². The highest BCUT2D eigenvalue weighted by atomic mass is 79.9. The third kappa shape index (κ3) is 3.88. The monoisotopic (exact) mass is 423 g/mol. The summed E-state index contributed by atoms with van der Waals surface area (Å²) >= 11 is 3.49. The summed E-state index contributed by atoms with van der Waals surface area (Å²) in [4.78, 5) is 4.42. The van der Waals surface area contributed by atoms with Crippen LogP contribution in [0.5, 0.6) is 11.5 Å². The number of methoxy groups -OCH3 is 1. The molecule has 136 valence electrons. The standard InChI is InChI=1S/C21H18BrN3O2/c1-3-27-20-9-6-14(22)10-17(20)16-11-19(25-21(24)18(16)12-23)13-4-7-15(26-2)8-5-13/h4-11H,3H2,1-2H3,(H2,24,25). The minimum atomic E-state index is 0.184. The van der Waals surface area contributed by atoms with Gasteiger partial charge in [0.2, 0.25) is 0 Å². The fourth-order valence-corrected chi connectivity index (χ4v) is 3.16. The van der Waals surface area contributed by atoms with Crippen LogP contribution in [0.15, 0.2) is 53.0 Å². The number of ether oxygens (including phenoxy) is 2. The Morgan fingerprint density at radius 1 is 1.11 bits per heavy atom. The van der Waals surface area contributed by atoms with E-state index < -0.39 is 0 Å². The molecule has 5 nitrogen and oxygen atoms in total. The van der Waals surface area contributed by atoms with Crippen LogP contribution in [0.2, 0.25) is 0 Å². The Morgan fingerprint density at radius 3 is 2.48 bits per heavy atom. The quantitative estimate of drug-likeness (QED) is 0.621. The number of nitrogens with zero attached hydrogens (tertiary/aromatic N) is 2. The molecule has 0 aliphatic heterocycles. The van der Waals surface area contributed by atoms with Gasteiger partial charge in [0.05, 0.1) is 19.4 Å². The van der Waals surface area contributed by atoms with E-state index in [4.69, 9.17) is 15.2 Å². The smallest absolute Gasteiger partial charge is 0.142 e. The van der Waals surface area contributed by atoms with Crippen molar-refractivity contribution in [3.8, 4) is 40.0 Å². The van der Waals surface area contributed by atoms with Crippen molar-refractivity contribution in [3.05, 3.63) is 58.6 Å². The number of hydrogen-bond donors (Lipinski definition) is 1. The summed E-state index contributed by atoms with van der Waals surface area (Å²) in [6.45, 7) is 2.43. The molecule has 0 atom stereocenters. The van der Waals surface area contributed by atoms with Crippen LogP contribution in [-0.2, 0) is 0 Å². The van der Waals surface area contributed by atoms with E-state index in [-0.39, 0.29) is 5.82 Å². The summed E-state index contributed by atoms with van der Waals surface area (Å²) in [7, 11) is 1.62. The molecule has 0 saturated carbocycles. The number of nitriles is 1. The maximum atomic E-state index is 9.64. The predicted octanol–water partition coefficient (Wildman–Crippen LogP) is 5.04. The van der Waals surface area contributed by atoms with Gasteiger partial charge in [0.1, 0.15) is 28.9 Å². The second kappa shape index (κ2) is 8.11. The first-order chi connectivity index (χ1) is 13.1. The molecule has 27 heavy (non-hydrogen) atoms. The number of anilines is 1. The van der Waals surface area contributed by atoms with Crippen molar-refractivity contribution >= 4 is 21.7 Å². The van der Waals surface area contributed by atoms with Gasteiger partial charge in [0.15, 0.2) is 0 Å². The third-order valence-electron chi connectivity index (χ3n) is 4.08. The molecule has 0 aliphatic rings. The lowest BCUT2D eigenvalue weighted by atomic mass is 9.97. The van der Waals surface area contributed by atoms with Crippen LogP contribution in [0.4, 0.5) is 5.82 Å². The summed E-state index contributed by atoms with van der Waals surface area (Å²) in [5.41, 5.74) is 9.45. The number of nitrogens with two attached hydrogens (primary N) is 1. The number of aromatic nitrogens is 1. The molecule has 0 aliphatic carbocycles. The van der Waals surface area contributed by atoms with E-state index in [1.165, 1.54) is 0 Å². The fourth-order valence-electron chi connectivity index (χ4n) is 2.80. The van der Waals surface area contributed by atoms with Gasteiger partial charge in [0.25, 0.3) is 0 Å². The van der Waals surface area contributed by atoms with Crippen molar-refractivity contribution in [2.24, 2.45) is 0 Å². The van der Waals surface area contributed by atoms with Crippen LogP contribution < -0.4 is 15.2 Å². The fraction of sp³-hybridized carbons (Fsp3) is 0.143. The Kier molecular flexibility index (Phi) is 5.63. The summed E-state index contributed by atoms with van der Waals surface area (Å²) in [5, 5.41) is 9.64. The molecule has 0 bridgehead atoms. The van der Waals surface area contributed by atoms with Crippen LogP contribution in [0.1, 0.15) is 12.5 Å². The number of hydrogen-bond acceptors (Lipinski definition) is 5. The first kappa shape index (κ1) is 18.7. The molecular formula is C21H18BrN3O2. The van der Waals surface area contributed by atoms with E-state index >= 15 is 0 Å². The van der Waals surface area contributed by atoms with E-state index in [0.29, 0.717) is 29.2 Å². The molecule has 0 fully saturated rings. The van der Waals surface area contributed by atoms with Crippen molar-refractivity contribution in [2.45, 2.75) is 6.92 Å². The van der Waals surface area contributed by atoms with Gasteiger partial charge in [-0.05, 0) is 55.5 Å². The number of benzene rings is 2. The van der Waals surface area contributed by atoms with Gasteiger partial charge in [0, 0.05) is 21.2 Å². The SMILES string of the molecule is CCOc1ccc(Br)cc1-c1cc(-c2ccc(OC)cc2)nc(N)c1C#N. The van der Waals surface area contributed by atoms with Gasteiger partial charge in [-0.25, -0.2) is 4.98 Å². The summed E-state index contributed by atoms with van der Waals surface area (Å²) in [6, 6.07) is 17.2. The first-order valence-corrected chi connectivity index (χ1v) is 9.14. The van der Waals surface area contributed by atoms with Gasteiger partial charge in [-0.2, -0.15) is 5.26 Å². The number of halogens is 1. The van der Waals surface area contributed by atoms with E-state index in [1.807, 2.05) is 55.5 Å². The Bertz CT molecular complexity index is 1010. The molecule has 3 rings (SSSR count). The molecule has 0 spiro atoms. The van der Waals surface area contributed by atoms with Gasteiger partial charge in [-0.3, -0.25) is 0 Å². The molecule has 0 unspecified atom stereocenters. The Labute approximate surface area is 166 Å². The molecule has 6 heteroatoms. The minimum Gasteiger partial charge on any atom is -0.497 e. The molecular weight excluding hydrogens is 406 g/mol. The van der Waals surface area contributed by atoms with Gasteiger partial charge in [-0.1, -0.05) is 15.9 Å². The highest BCUT2D eigenvalue weighted by molar-refractivity contribution is 9.10. The molecule has 0 saturated heterocycles. The highest BCUT2D eigenvalue weighted by Gasteiger charge is 2.17. The lowest BCUT2D eigenvalue weighted by molar-refractivity contribution is 0.341. The second-order valence-electron chi connectivity index (χ2n) is 5.73. The maximum absolute atomic E-state index is 9.64. The number of nitrogen functional groups attached to an aromatic ring is 1. The molecule has 2 N–H and O–H groups in total. The van der Waals surface area contributed by atoms with E-state index in [2.05, 4.69) is 27.0 Å². The zero-order chi connectivity index (χ0) is 19.4. The molecule has 2 aromatic carbocycles. The third-order valence-corrected chi connectivity index (χ3v) is 4.57. The van der Waals surface area contributed by atoms with Crippen molar-refractivity contribution in [3.63, 3.8) is 0 Å². The minimum absolute atomic E-state index is 0.184. The maximum Gasteiger partial charge on any atom is 0.142 e. The lowest BCUT2D eigenvalue weighted by Crippen LogP contribution is -2.01. The molecule has 0 radical (unpaired) electrons. The lowest BCUT2D eigenvalue weighted by Gasteiger charge is -2.14. The Balaban J connectivity index is 2.22. The van der Waals surface area contributed by atoms with Gasteiger partial charge in [-0.15, -0.1) is 0 Å². The van der Waals surface area contributed by atoms with Crippen LogP contribution in [0.3, 0.4) is 0 Å². The van der Waals surface area contributed by atoms with E-state index in [0.717, 1.165) is 21.3 Å². The zero-order valence-electron chi connectivity index (χ0n) is 15.0.